The van der Waals surface area contributed by atoms with E-state index in [0.717, 1.165) is 5.01 Å². The highest BCUT2D eigenvalue weighted by Gasteiger charge is 2.07. The summed E-state index contributed by atoms with van der Waals surface area (Å²) >= 11 is 4.05. The van der Waals surface area contributed by atoms with Gasteiger partial charge in [0, 0.05) is 35.1 Å². The molecule has 2 nitrogen and oxygen atoms in total. The van der Waals surface area contributed by atoms with E-state index in [-0.39, 0.29) is 0 Å². The van der Waals surface area contributed by atoms with Crippen LogP contribution in [0.5, 0.6) is 0 Å². The lowest BCUT2D eigenvalue weighted by atomic mass is 10.2. The van der Waals surface area contributed by atoms with Crippen molar-refractivity contribution in [3.63, 3.8) is 0 Å². The number of aromatic nitrogens is 1. The number of nitrogens with zero attached hydrogens (tertiary/aromatic N) is 2. The Morgan fingerprint density at radius 2 is 1.52 bits per heavy atom. The quantitative estimate of drug-likeness (QED) is 0.560. The summed E-state index contributed by atoms with van der Waals surface area (Å²) in [7, 11) is 4.10. The van der Waals surface area contributed by atoms with Crippen molar-refractivity contribution in [2.45, 2.75) is 0 Å². The normalized spacial score (nSPS) is 10.6. The third-order valence-electron chi connectivity index (χ3n) is 3.27. The first kappa shape index (κ1) is 14.5. The van der Waals surface area contributed by atoms with Crippen LogP contribution in [0.15, 0.2) is 54.7 Å². The van der Waals surface area contributed by atoms with E-state index < -0.39 is 0 Å². The first-order valence-electron chi connectivity index (χ1n) is 6.63. The fourth-order valence-corrected chi connectivity index (χ4v) is 3.34. The summed E-state index contributed by atoms with van der Waals surface area (Å²) in [6.45, 7) is 0. The monoisotopic (exact) mass is 406 g/mol. The molecule has 0 bridgehead atoms. The first-order valence-corrected chi connectivity index (χ1v) is 8.52. The van der Waals surface area contributed by atoms with E-state index in [0.29, 0.717) is 0 Å². The lowest BCUT2D eigenvalue weighted by Crippen LogP contribution is -2.07. The van der Waals surface area contributed by atoms with E-state index in [1.54, 1.807) is 11.3 Å². The maximum atomic E-state index is 4.56. The SMILES string of the molecule is CN(C)c1ccc(-c2cnc(-c3ccc(I)cc3)s2)cc1. The molecule has 106 valence electrons. The number of hydrogen-bond donors (Lipinski definition) is 0. The van der Waals surface area contributed by atoms with Crippen LogP contribution in [-0.4, -0.2) is 19.1 Å². The third kappa shape index (κ3) is 3.27. The van der Waals surface area contributed by atoms with Gasteiger partial charge in [0.2, 0.25) is 0 Å². The van der Waals surface area contributed by atoms with Crippen LogP contribution in [0.25, 0.3) is 21.0 Å². The Balaban J connectivity index is 1.89. The maximum Gasteiger partial charge on any atom is 0.123 e. The van der Waals surface area contributed by atoms with Crippen LogP contribution in [-0.2, 0) is 0 Å². The van der Waals surface area contributed by atoms with E-state index in [4.69, 9.17) is 0 Å². The minimum Gasteiger partial charge on any atom is -0.378 e. The first-order chi connectivity index (χ1) is 10.1. The average molecular weight is 406 g/mol. The Morgan fingerprint density at radius 3 is 2.14 bits per heavy atom. The summed E-state index contributed by atoms with van der Waals surface area (Å²) < 4.78 is 1.24. The van der Waals surface area contributed by atoms with Gasteiger partial charge in [-0.1, -0.05) is 24.3 Å². The minimum absolute atomic E-state index is 1.07. The Hall–Kier alpha value is -1.40. The molecule has 0 fully saturated rings. The summed E-state index contributed by atoms with van der Waals surface area (Å²) in [5.74, 6) is 0. The predicted octanol–water partition coefficient (Wildman–Crippen LogP) is 5.15. The Labute approximate surface area is 142 Å². The molecule has 1 aromatic heterocycles. The summed E-state index contributed by atoms with van der Waals surface area (Å²) in [6.07, 6.45) is 1.96. The Kier molecular flexibility index (Phi) is 4.26. The minimum atomic E-state index is 1.07. The second kappa shape index (κ2) is 6.15. The molecule has 0 spiro atoms. The van der Waals surface area contributed by atoms with E-state index in [9.17, 15) is 0 Å². The molecule has 4 heteroatoms. The molecule has 0 atom stereocenters. The van der Waals surface area contributed by atoms with Gasteiger partial charge in [0.05, 0.1) is 4.88 Å². The van der Waals surface area contributed by atoms with E-state index >= 15 is 0 Å². The summed E-state index contributed by atoms with van der Waals surface area (Å²) in [6, 6.07) is 17.1. The van der Waals surface area contributed by atoms with Gasteiger partial charge in [0.15, 0.2) is 0 Å². The van der Waals surface area contributed by atoms with Crippen LogP contribution in [0.2, 0.25) is 0 Å². The molecule has 3 rings (SSSR count). The van der Waals surface area contributed by atoms with Crippen molar-refractivity contribution in [2.24, 2.45) is 0 Å². The Bertz CT molecular complexity index is 730. The number of anilines is 1. The molecule has 1 heterocycles. The number of hydrogen-bond acceptors (Lipinski definition) is 3. The van der Waals surface area contributed by atoms with Crippen molar-refractivity contribution in [3.8, 4) is 21.0 Å². The number of rotatable bonds is 3. The van der Waals surface area contributed by atoms with Crippen molar-refractivity contribution in [3.05, 3.63) is 58.3 Å². The third-order valence-corrected chi connectivity index (χ3v) is 5.08. The van der Waals surface area contributed by atoms with E-state index in [1.807, 2.05) is 6.20 Å². The number of halogens is 1. The highest BCUT2D eigenvalue weighted by Crippen LogP contribution is 2.32. The second-order valence-electron chi connectivity index (χ2n) is 4.98. The van der Waals surface area contributed by atoms with Crippen LogP contribution < -0.4 is 4.90 Å². The summed E-state index contributed by atoms with van der Waals surface area (Å²) in [5, 5.41) is 1.07. The zero-order chi connectivity index (χ0) is 14.8. The van der Waals surface area contributed by atoms with Crippen LogP contribution >= 0.6 is 33.9 Å². The molecule has 0 unspecified atom stereocenters. The van der Waals surface area contributed by atoms with Gasteiger partial charge in [0.25, 0.3) is 0 Å². The van der Waals surface area contributed by atoms with Crippen LogP contribution in [0, 0.1) is 3.57 Å². The largest absolute Gasteiger partial charge is 0.378 e. The Morgan fingerprint density at radius 1 is 0.905 bits per heavy atom. The summed E-state index contributed by atoms with van der Waals surface area (Å²) in [5.41, 5.74) is 3.60. The van der Waals surface area contributed by atoms with Crippen LogP contribution in [0.4, 0.5) is 5.69 Å². The lowest BCUT2D eigenvalue weighted by Gasteiger charge is -2.12. The highest BCUT2D eigenvalue weighted by molar-refractivity contribution is 14.1. The molecule has 0 aliphatic heterocycles. The summed E-state index contributed by atoms with van der Waals surface area (Å²) in [4.78, 5) is 7.86. The van der Waals surface area contributed by atoms with E-state index in [2.05, 4.69) is 95.1 Å². The number of thiazole rings is 1. The molecule has 21 heavy (non-hydrogen) atoms. The zero-order valence-corrected chi connectivity index (χ0v) is 14.9. The van der Waals surface area contributed by atoms with Crippen molar-refractivity contribution in [1.29, 1.82) is 0 Å². The van der Waals surface area contributed by atoms with Crippen molar-refractivity contribution in [2.75, 3.05) is 19.0 Å². The van der Waals surface area contributed by atoms with Gasteiger partial charge in [-0.05, 0) is 52.4 Å². The molecular formula is C17H15IN2S. The van der Waals surface area contributed by atoms with Gasteiger partial charge in [0.1, 0.15) is 5.01 Å². The van der Waals surface area contributed by atoms with Gasteiger partial charge in [-0.3, -0.25) is 0 Å². The average Bonchev–Trinajstić information content (AvgIpc) is 2.98. The molecule has 0 aliphatic carbocycles. The molecule has 0 saturated carbocycles. The van der Waals surface area contributed by atoms with E-state index in [1.165, 1.54) is 25.3 Å². The molecule has 0 radical (unpaired) electrons. The second-order valence-corrected chi connectivity index (χ2v) is 7.25. The zero-order valence-electron chi connectivity index (χ0n) is 11.9. The lowest BCUT2D eigenvalue weighted by molar-refractivity contribution is 1.13. The van der Waals surface area contributed by atoms with Gasteiger partial charge >= 0.3 is 0 Å². The van der Waals surface area contributed by atoms with Gasteiger partial charge in [-0.25, -0.2) is 4.98 Å². The topological polar surface area (TPSA) is 16.1 Å². The molecule has 0 saturated heterocycles. The molecule has 2 aromatic carbocycles. The number of benzene rings is 2. The smallest absolute Gasteiger partial charge is 0.123 e. The fraction of sp³-hybridized carbons (Fsp3) is 0.118. The van der Waals surface area contributed by atoms with Crippen LogP contribution in [0.1, 0.15) is 0 Å². The molecule has 3 aromatic rings. The standard InChI is InChI=1S/C17H15IN2S/c1-20(2)15-9-5-12(6-10-15)16-11-19-17(21-16)13-3-7-14(18)8-4-13/h3-11H,1-2H3. The molecule has 0 aliphatic rings. The predicted molar refractivity (Wildman–Crippen MR) is 100 cm³/mol. The van der Waals surface area contributed by atoms with Crippen molar-refractivity contribution >= 4 is 39.6 Å². The van der Waals surface area contributed by atoms with Crippen LogP contribution in [0.3, 0.4) is 0 Å². The van der Waals surface area contributed by atoms with Gasteiger partial charge in [-0.15, -0.1) is 11.3 Å². The molecular weight excluding hydrogens is 391 g/mol. The fourth-order valence-electron chi connectivity index (χ4n) is 2.06. The molecule has 0 amide bonds. The maximum absolute atomic E-state index is 4.56. The van der Waals surface area contributed by atoms with Gasteiger partial charge < -0.3 is 4.90 Å². The molecule has 0 N–H and O–H groups in total. The highest BCUT2D eigenvalue weighted by atomic mass is 127. The van der Waals surface area contributed by atoms with Crippen molar-refractivity contribution in [1.82, 2.24) is 4.98 Å². The van der Waals surface area contributed by atoms with Crippen molar-refractivity contribution < 1.29 is 0 Å². The van der Waals surface area contributed by atoms with Gasteiger partial charge in [-0.2, -0.15) is 0 Å².